The van der Waals surface area contributed by atoms with Gasteiger partial charge in [0, 0.05) is 6.54 Å². The molecule has 0 aromatic carbocycles. The summed E-state index contributed by atoms with van der Waals surface area (Å²) in [7, 11) is 0. The van der Waals surface area contributed by atoms with Crippen LogP contribution in [0.5, 0.6) is 0 Å². The Morgan fingerprint density at radius 3 is 3.00 bits per heavy atom. The molecule has 68 valence electrons. The third-order valence-corrected chi connectivity index (χ3v) is 2.72. The molecule has 0 aliphatic rings. The second kappa shape index (κ2) is 4.72. The molecule has 1 atom stereocenters. The van der Waals surface area contributed by atoms with Crippen LogP contribution in [-0.4, -0.2) is 26.8 Å². The summed E-state index contributed by atoms with van der Waals surface area (Å²) in [5.74, 6) is 1.74. The van der Waals surface area contributed by atoms with Crippen molar-refractivity contribution in [3.05, 3.63) is 11.6 Å². The molecule has 1 unspecified atom stereocenters. The molecular weight excluding hydrogens is 194 g/mol. The quantitative estimate of drug-likeness (QED) is 0.753. The van der Waals surface area contributed by atoms with Crippen molar-refractivity contribution in [2.24, 2.45) is 5.92 Å². The average molecular weight is 206 g/mol. The monoisotopic (exact) mass is 205 g/mol. The van der Waals surface area contributed by atoms with Crippen LogP contribution in [0, 0.1) is 5.92 Å². The molecule has 0 aliphatic carbocycles. The number of aromatic nitrogens is 3. The standard InChI is InChI=1S/C7H12ClN3S/c1-6(4-12-2)3-11-5-9-10-7(11)8/h5-6H,3-4H2,1-2H3. The Morgan fingerprint density at radius 1 is 1.75 bits per heavy atom. The second-order valence-corrected chi connectivity index (χ2v) is 4.06. The van der Waals surface area contributed by atoms with Crippen LogP contribution in [0.4, 0.5) is 0 Å². The molecule has 0 N–H and O–H groups in total. The van der Waals surface area contributed by atoms with Crippen molar-refractivity contribution in [3.63, 3.8) is 0 Å². The first-order valence-corrected chi connectivity index (χ1v) is 5.53. The molecule has 0 bridgehead atoms. The zero-order valence-corrected chi connectivity index (χ0v) is 8.77. The van der Waals surface area contributed by atoms with Crippen LogP contribution < -0.4 is 0 Å². The summed E-state index contributed by atoms with van der Waals surface area (Å²) in [6, 6.07) is 0. The Kier molecular flexibility index (Phi) is 3.88. The third-order valence-electron chi connectivity index (χ3n) is 1.53. The van der Waals surface area contributed by atoms with Crippen LogP contribution in [0.25, 0.3) is 0 Å². The molecular formula is C7H12ClN3S. The minimum Gasteiger partial charge on any atom is -0.304 e. The van der Waals surface area contributed by atoms with Gasteiger partial charge in [0.1, 0.15) is 6.33 Å². The van der Waals surface area contributed by atoms with Crippen molar-refractivity contribution in [3.8, 4) is 0 Å². The van der Waals surface area contributed by atoms with E-state index in [0.717, 1.165) is 12.3 Å². The lowest BCUT2D eigenvalue weighted by Gasteiger charge is -2.09. The van der Waals surface area contributed by atoms with Gasteiger partial charge in [-0.1, -0.05) is 6.92 Å². The van der Waals surface area contributed by atoms with Gasteiger partial charge in [-0.2, -0.15) is 11.8 Å². The number of halogens is 1. The maximum Gasteiger partial charge on any atom is 0.224 e. The molecule has 0 spiro atoms. The van der Waals surface area contributed by atoms with E-state index in [-0.39, 0.29) is 0 Å². The molecule has 0 saturated heterocycles. The Morgan fingerprint density at radius 2 is 2.50 bits per heavy atom. The van der Waals surface area contributed by atoms with Gasteiger partial charge in [0.15, 0.2) is 0 Å². The van der Waals surface area contributed by atoms with Crippen LogP contribution in [0.15, 0.2) is 6.33 Å². The summed E-state index contributed by atoms with van der Waals surface area (Å²) in [5, 5.41) is 7.89. The highest BCUT2D eigenvalue weighted by atomic mass is 35.5. The van der Waals surface area contributed by atoms with Gasteiger partial charge in [0.25, 0.3) is 0 Å². The minimum atomic E-state index is 0.475. The SMILES string of the molecule is CSCC(C)Cn1cnnc1Cl. The molecule has 1 aromatic heterocycles. The van der Waals surface area contributed by atoms with E-state index in [9.17, 15) is 0 Å². The Labute approximate surface area is 81.5 Å². The largest absolute Gasteiger partial charge is 0.304 e. The van der Waals surface area contributed by atoms with E-state index in [4.69, 9.17) is 11.6 Å². The predicted octanol–water partition coefficient (Wildman–Crippen LogP) is 1.93. The van der Waals surface area contributed by atoms with Gasteiger partial charge in [-0.3, -0.25) is 0 Å². The fourth-order valence-electron chi connectivity index (χ4n) is 1.04. The smallest absolute Gasteiger partial charge is 0.224 e. The molecule has 0 saturated carbocycles. The number of rotatable bonds is 4. The van der Waals surface area contributed by atoms with E-state index in [2.05, 4.69) is 23.4 Å². The normalized spacial score (nSPS) is 13.2. The number of hydrogen-bond acceptors (Lipinski definition) is 3. The lowest BCUT2D eigenvalue weighted by atomic mass is 10.2. The number of nitrogens with zero attached hydrogens (tertiary/aromatic N) is 3. The van der Waals surface area contributed by atoms with E-state index in [0.29, 0.717) is 11.2 Å². The molecule has 1 aromatic rings. The Bertz CT molecular complexity index is 238. The minimum absolute atomic E-state index is 0.475. The van der Waals surface area contributed by atoms with Crippen molar-refractivity contribution in [2.45, 2.75) is 13.5 Å². The van der Waals surface area contributed by atoms with E-state index < -0.39 is 0 Å². The van der Waals surface area contributed by atoms with E-state index >= 15 is 0 Å². The van der Waals surface area contributed by atoms with Crippen LogP contribution in [0.3, 0.4) is 0 Å². The van der Waals surface area contributed by atoms with E-state index in [1.807, 2.05) is 16.3 Å². The first-order chi connectivity index (χ1) is 5.74. The lowest BCUT2D eigenvalue weighted by Crippen LogP contribution is -2.08. The highest BCUT2D eigenvalue weighted by Gasteiger charge is 2.05. The zero-order chi connectivity index (χ0) is 8.97. The maximum absolute atomic E-state index is 5.77. The van der Waals surface area contributed by atoms with Crippen molar-refractivity contribution in [1.82, 2.24) is 14.8 Å². The van der Waals surface area contributed by atoms with Crippen LogP contribution >= 0.6 is 23.4 Å². The fourth-order valence-corrected chi connectivity index (χ4v) is 1.87. The van der Waals surface area contributed by atoms with E-state index in [1.54, 1.807) is 6.33 Å². The topological polar surface area (TPSA) is 30.7 Å². The molecule has 12 heavy (non-hydrogen) atoms. The van der Waals surface area contributed by atoms with Gasteiger partial charge >= 0.3 is 0 Å². The summed E-state index contributed by atoms with van der Waals surface area (Å²) in [6.07, 6.45) is 3.77. The highest BCUT2D eigenvalue weighted by molar-refractivity contribution is 7.98. The molecule has 5 heteroatoms. The first kappa shape index (κ1) is 9.86. The molecule has 0 fully saturated rings. The Hall–Kier alpha value is -0.220. The van der Waals surface area contributed by atoms with Gasteiger partial charge in [0.2, 0.25) is 5.28 Å². The van der Waals surface area contributed by atoms with Gasteiger partial charge in [-0.15, -0.1) is 10.2 Å². The highest BCUT2D eigenvalue weighted by Crippen LogP contribution is 2.10. The summed E-state index contributed by atoms with van der Waals surface area (Å²) < 4.78 is 1.86. The van der Waals surface area contributed by atoms with Crippen LogP contribution in [0.2, 0.25) is 5.28 Å². The lowest BCUT2D eigenvalue weighted by molar-refractivity contribution is 0.530. The van der Waals surface area contributed by atoms with Crippen LogP contribution in [0.1, 0.15) is 6.92 Å². The molecule has 3 nitrogen and oxygen atoms in total. The van der Waals surface area contributed by atoms with Crippen LogP contribution in [-0.2, 0) is 6.54 Å². The summed E-state index contributed by atoms with van der Waals surface area (Å²) in [5.41, 5.74) is 0. The van der Waals surface area contributed by atoms with Crippen molar-refractivity contribution < 1.29 is 0 Å². The Balaban J connectivity index is 2.46. The van der Waals surface area contributed by atoms with Crippen molar-refractivity contribution >= 4 is 23.4 Å². The van der Waals surface area contributed by atoms with Gasteiger partial charge < -0.3 is 4.57 Å². The summed E-state index contributed by atoms with van der Waals surface area (Å²) >= 11 is 7.61. The van der Waals surface area contributed by atoms with Gasteiger partial charge in [0.05, 0.1) is 0 Å². The zero-order valence-electron chi connectivity index (χ0n) is 7.20. The second-order valence-electron chi connectivity index (χ2n) is 2.81. The molecule has 1 rings (SSSR count). The first-order valence-electron chi connectivity index (χ1n) is 3.76. The summed E-state index contributed by atoms with van der Waals surface area (Å²) in [4.78, 5) is 0. The molecule has 1 heterocycles. The summed E-state index contributed by atoms with van der Waals surface area (Å²) in [6.45, 7) is 3.08. The average Bonchev–Trinajstić information content (AvgIpc) is 2.37. The van der Waals surface area contributed by atoms with Gasteiger partial charge in [-0.05, 0) is 29.5 Å². The number of hydrogen-bond donors (Lipinski definition) is 0. The van der Waals surface area contributed by atoms with Crippen molar-refractivity contribution in [2.75, 3.05) is 12.0 Å². The third kappa shape index (κ3) is 2.68. The molecule has 0 radical (unpaired) electrons. The fraction of sp³-hybridized carbons (Fsp3) is 0.714. The predicted molar refractivity (Wildman–Crippen MR) is 52.6 cm³/mol. The van der Waals surface area contributed by atoms with Gasteiger partial charge in [-0.25, -0.2) is 0 Å². The molecule has 0 aliphatic heterocycles. The van der Waals surface area contributed by atoms with Crippen molar-refractivity contribution in [1.29, 1.82) is 0 Å². The maximum atomic E-state index is 5.77. The number of thioether (sulfide) groups is 1. The molecule has 0 amide bonds. The van der Waals surface area contributed by atoms with E-state index in [1.165, 1.54) is 0 Å².